The van der Waals surface area contributed by atoms with Crippen LogP contribution in [0.5, 0.6) is 0 Å². The van der Waals surface area contributed by atoms with Crippen LogP contribution in [0.25, 0.3) is 32.1 Å². The van der Waals surface area contributed by atoms with Crippen LogP contribution in [0.3, 0.4) is 0 Å². The summed E-state index contributed by atoms with van der Waals surface area (Å²) in [7, 11) is 0. The summed E-state index contributed by atoms with van der Waals surface area (Å²) in [6, 6.07) is 10.5. The normalized spacial score (nSPS) is 11.4. The monoisotopic (exact) mass is 320 g/mol. The fourth-order valence-corrected chi connectivity index (χ4v) is 3.81. The largest absolute Gasteiger partial charge is 0.382 e. The molecule has 0 aliphatic heterocycles. The van der Waals surface area contributed by atoms with E-state index in [1.807, 2.05) is 12.3 Å². The Hall–Kier alpha value is -2.53. The van der Waals surface area contributed by atoms with Gasteiger partial charge in [-0.15, -0.1) is 0 Å². The first-order valence-electron chi connectivity index (χ1n) is 7.58. The molecule has 0 unspecified atom stereocenters. The SMILES string of the molecule is CCc1ncc2cc(-c3c(C)ccc4c(N)nsc34)ccc2n1. The van der Waals surface area contributed by atoms with E-state index in [1.165, 1.54) is 22.7 Å². The van der Waals surface area contributed by atoms with Gasteiger partial charge in [-0.1, -0.05) is 19.1 Å². The van der Waals surface area contributed by atoms with Gasteiger partial charge in [0, 0.05) is 29.0 Å². The van der Waals surface area contributed by atoms with Crippen molar-refractivity contribution < 1.29 is 0 Å². The second-order valence-corrected chi connectivity index (χ2v) is 6.39. The smallest absolute Gasteiger partial charge is 0.145 e. The lowest BCUT2D eigenvalue weighted by Crippen LogP contribution is -1.93. The standard InChI is InChI=1S/C18H16N4S/c1-3-15-20-9-12-8-11(5-7-14(12)21-15)16-10(2)4-6-13-17(16)23-22-18(13)19/h4-9H,3H2,1-2H3,(H2,19,22). The second-order valence-electron chi connectivity index (χ2n) is 5.62. The van der Waals surface area contributed by atoms with Crippen LogP contribution in [0.15, 0.2) is 36.5 Å². The Kier molecular flexibility index (Phi) is 3.23. The van der Waals surface area contributed by atoms with E-state index >= 15 is 0 Å². The van der Waals surface area contributed by atoms with Crippen LogP contribution in [0.2, 0.25) is 0 Å². The van der Waals surface area contributed by atoms with Crippen LogP contribution >= 0.6 is 11.5 Å². The lowest BCUT2D eigenvalue weighted by atomic mass is 9.98. The predicted molar refractivity (Wildman–Crippen MR) is 96.7 cm³/mol. The molecule has 0 saturated carbocycles. The fourth-order valence-electron chi connectivity index (χ4n) is 2.88. The Morgan fingerprint density at radius 2 is 2.04 bits per heavy atom. The summed E-state index contributed by atoms with van der Waals surface area (Å²) in [6.07, 6.45) is 2.75. The molecule has 0 amide bonds. The van der Waals surface area contributed by atoms with Crippen molar-refractivity contribution in [2.24, 2.45) is 0 Å². The minimum atomic E-state index is 0.600. The minimum absolute atomic E-state index is 0.600. The molecule has 2 N–H and O–H groups in total. The summed E-state index contributed by atoms with van der Waals surface area (Å²) >= 11 is 1.45. The van der Waals surface area contributed by atoms with Gasteiger partial charge < -0.3 is 5.73 Å². The van der Waals surface area contributed by atoms with Gasteiger partial charge in [-0.25, -0.2) is 9.97 Å². The molecule has 2 heterocycles. The Morgan fingerprint density at radius 3 is 2.87 bits per heavy atom. The summed E-state index contributed by atoms with van der Waals surface area (Å²) in [5.41, 5.74) is 10.5. The molecule has 0 saturated heterocycles. The molecule has 5 heteroatoms. The van der Waals surface area contributed by atoms with Gasteiger partial charge in [-0.05, 0) is 47.8 Å². The summed E-state index contributed by atoms with van der Waals surface area (Å²) in [4.78, 5) is 8.98. The Bertz CT molecular complexity index is 1040. The fraction of sp³-hybridized carbons (Fsp3) is 0.167. The zero-order valence-corrected chi connectivity index (χ0v) is 13.8. The van der Waals surface area contributed by atoms with Crippen LogP contribution < -0.4 is 5.73 Å². The van der Waals surface area contributed by atoms with E-state index in [4.69, 9.17) is 5.73 Å². The molecule has 0 fully saturated rings. The van der Waals surface area contributed by atoms with Crippen molar-refractivity contribution in [1.82, 2.24) is 14.3 Å². The minimum Gasteiger partial charge on any atom is -0.382 e. The number of fused-ring (bicyclic) bond motifs is 2. The molecule has 2 aromatic heterocycles. The summed E-state index contributed by atoms with van der Waals surface area (Å²) in [6.45, 7) is 4.18. The van der Waals surface area contributed by atoms with Crippen LogP contribution in [0.1, 0.15) is 18.3 Å². The van der Waals surface area contributed by atoms with Gasteiger partial charge >= 0.3 is 0 Å². The van der Waals surface area contributed by atoms with Crippen LogP contribution in [0.4, 0.5) is 5.82 Å². The van der Waals surface area contributed by atoms with E-state index in [-0.39, 0.29) is 0 Å². The molecule has 23 heavy (non-hydrogen) atoms. The van der Waals surface area contributed by atoms with Crippen LogP contribution in [0, 0.1) is 6.92 Å². The molecule has 0 bridgehead atoms. The number of nitrogens with two attached hydrogens (primary N) is 1. The summed E-state index contributed by atoms with van der Waals surface area (Å²) in [5, 5.41) is 2.07. The Labute approximate surface area is 138 Å². The molecule has 4 rings (SSSR count). The van der Waals surface area contributed by atoms with E-state index < -0.39 is 0 Å². The van der Waals surface area contributed by atoms with E-state index in [2.05, 4.69) is 52.5 Å². The van der Waals surface area contributed by atoms with E-state index in [9.17, 15) is 0 Å². The van der Waals surface area contributed by atoms with Crippen molar-refractivity contribution in [2.45, 2.75) is 20.3 Å². The number of nitrogen functional groups attached to an aromatic ring is 1. The molecule has 0 spiro atoms. The van der Waals surface area contributed by atoms with Gasteiger partial charge in [0.1, 0.15) is 11.6 Å². The highest BCUT2D eigenvalue weighted by Crippen LogP contribution is 2.37. The van der Waals surface area contributed by atoms with Crippen molar-refractivity contribution in [3.8, 4) is 11.1 Å². The quantitative estimate of drug-likeness (QED) is 0.596. The second kappa shape index (κ2) is 5.28. The zero-order valence-electron chi connectivity index (χ0n) is 13.0. The van der Waals surface area contributed by atoms with E-state index in [1.54, 1.807) is 0 Å². The average molecular weight is 320 g/mol. The van der Waals surface area contributed by atoms with Gasteiger partial charge in [0.15, 0.2) is 0 Å². The highest BCUT2D eigenvalue weighted by Gasteiger charge is 2.13. The van der Waals surface area contributed by atoms with Gasteiger partial charge in [0.25, 0.3) is 0 Å². The number of aromatic nitrogens is 3. The van der Waals surface area contributed by atoms with E-state index in [0.717, 1.165) is 38.8 Å². The molecule has 4 aromatic rings. The third-order valence-electron chi connectivity index (χ3n) is 4.11. The molecular weight excluding hydrogens is 304 g/mol. The molecule has 0 aliphatic carbocycles. The molecular formula is C18H16N4S. The maximum atomic E-state index is 5.98. The van der Waals surface area contributed by atoms with Gasteiger partial charge in [0.05, 0.1) is 10.2 Å². The van der Waals surface area contributed by atoms with Crippen molar-refractivity contribution >= 4 is 38.3 Å². The number of benzene rings is 2. The summed E-state index contributed by atoms with van der Waals surface area (Å²) < 4.78 is 5.44. The molecule has 0 atom stereocenters. The van der Waals surface area contributed by atoms with Crippen LogP contribution in [-0.2, 0) is 6.42 Å². The number of aryl methyl sites for hydroxylation is 2. The summed E-state index contributed by atoms with van der Waals surface area (Å²) in [5.74, 6) is 1.47. The van der Waals surface area contributed by atoms with E-state index in [0.29, 0.717) is 5.82 Å². The average Bonchev–Trinajstić information content (AvgIpc) is 2.95. The molecule has 0 radical (unpaired) electrons. The lowest BCUT2D eigenvalue weighted by Gasteiger charge is -2.09. The molecule has 114 valence electrons. The molecule has 4 nitrogen and oxygen atoms in total. The lowest BCUT2D eigenvalue weighted by molar-refractivity contribution is 0.961. The number of hydrogen-bond donors (Lipinski definition) is 1. The maximum absolute atomic E-state index is 5.98. The molecule has 0 aliphatic rings. The first-order valence-corrected chi connectivity index (χ1v) is 8.35. The maximum Gasteiger partial charge on any atom is 0.145 e. The topological polar surface area (TPSA) is 64.7 Å². The van der Waals surface area contributed by atoms with Crippen molar-refractivity contribution in [1.29, 1.82) is 0 Å². The number of hydrogen-bond acceptors (Lipinski definition) is 5. The predicted octanol–water partition coefficient (Wildman–Crippen LogP) is 4.36. The van der Waals surface area contributed by atoms with Crippen molar-refractivity contribution in [3.63, 3.8) is 0 Å². The zero-order chi connectivity index (χ0) is 16.0. The highest BCUT2D eigenvalue weighted by molar-refractivity contribution is 7.14. The van der Waals surface area contributed by atoms with Gasteiger partial charge in [-0.3, -0.25) is 0 Å². The third kappa shape index (κ3) is 2.24. The number of anilines is 1. The highest BCUT2D eigenvalue weighted by atomic mass is 32.1. The number of nitrogens with zero attached hydrogens (tertiary/aromatic N) is 3. The van der Waals surface area contributed by atoms with Gasteiger partial charge in [-0.2, -0.15) is 4.37 Å². The van der Waals surface area contributed by atoms with Crippen molar-refractivity contribution in [2.75, 3.05) is 5.73 Å². The van der Waals surface area contributed by atoms with Crippen molar-refractivity contribution in [3.05, 3.63) is 47.9 Å². The Morgan fingerprint density at radius 1 is 1.17 bits per heavy atom. The first kappa shape index (κ1) is 14.1. The number of rotatable bonds is 2. The van der Waals surface area contributed by atoms with Gasteiger partial charge in [0.2, 0.25) is 0 Å². The Balaban J connectivity index is 1.97. The van der Waals surface area contributed by atoms with Crippen LogP contribution in [-0.4, -0.2) is 14.3 Å². The third-order valence-corrected chi connectivity index (χ3v) is 5.01. The molecule has 2 aromatic carbocycles. The first-order chi connectivity index (χ1) is 11.2.